The van der Waals surface area contributed by atoms with Crippen LogP contribution in [-0.2, 0) is 43.2 Å². The molecule has 2 aliphatic rings. The van der Waals surface area contributed by atoms with E-state index in [0.717, 1.165) is 18.3 Å². The number of nitrogens with zero attached hydrogens (tertiary/aromatic N) is 6. The van der Waals surface area contributed by atoms with E-state index in [1.165, 1.54) is 73.8 Å². The van der Waals surface area contributed by atoms with Crippen LogP contribution in [0.5, 0.6) is 0 Å². The molecule has 0 saturated carbocycles. The number of nitrogens with one attached hydrogen (secondary N) is 2. The van der Waals surface area contributed by atoms with E-state index < -0.39 is 50.9 Å². The molecular weight excluding hydrogens is 971 g/mol. The molecule has 9 rings (SSSR count). The van der Waals surface area contributed by atoms with Crippen molar-refractivity contribution in [2.75, 3.05) is 0 Å². The van der Waals surface area contributed by atoms with Crippen molar-refractivity contribution in [3.8, 4) is 44.5 Å². The monoisotopic (exact) mass is 1010 g/mol. The first-order chi connectivity index (χ1) is 32.1. The summed E-state index contributed by atoms with van der Waals surface area (Å²) in [5.41, 5.74) is 4.35. The molecule has 69 heavy (non-hydrogen) atoms. The van der Waals surface area contributed by atoms with Gasteiger partial charge in [-0.25, -0.2) is 9.97 Å². The number of fused-ring (bicyclic) bond motifs is 8. The molecule has 0 saturated heterocycles. The third-order valence-electron chi connectivity index (χ3n) is 10.8. The van der Waals surface area contributed by atoms with Gasteiger partial charge < -0.3 is 9.97 Å². The van der Waals surface area contributed by atoms with Gasteiger partial charge in [0, 0.05) is 90.8 Å². The molecule has 7 aromatic heterocycles. The smallest absolute Gasteiger partial charge is 0.354 e. The van der Waals surface area contributed by atoms with Gasteiger partial charge in [0.15, 0.2) is 49.6 Å². The fourth-order valence-corrected chi connectivity index (χ4v) is 8.32. The van der Waals surface area contributed by atoms with Crippen molar-refractivity contribution in [2.24, 2.45) is 0 Å². The zero-order valence-corrected chi connectivity index (χ0v) is 36.5. The minimum atomic E-state index is -4.59. The molecule has 7 aromatic rings. The minimum Gasteiger partial charge on any atom is -0.354 e. The van der Waals surface area contributed by atoms with E-state index >= 15 is 0 Å². The Morgan fingerprint density at radius 1 is 0.348 bits per heavy atom. The number of aromatic nitrogens is 8. The molecular formula is C48H34F12MnN8+6. The predicted molar refractivity (Wildman–Crippen MR) is 226 cm³/mol. The average molecular weight is 1010 g/mol. The van der Waals surface area contributed by atoms with Gasteiger partial charge in [0.25, 0.3) is 0 Å². The summed E-state index contributed by atoms with van der Waals surface area (Å²) in [5.74, 6) is 0. The van der Waals surface area contributed by atoms with E-state index in [2.05, 4.69) is 9.97 Å². The maximum Gasteiger partial charge on any atom is 2.00 e. The first-order valence-corrected chi connectivity index (χ1v) is 20.5. The van der Waals surface area contributed by atoms with Gasteiger partial charge in [0.2, 0.25) is 26.2 Å². The summed E-state index contributed by atoms with van der Waals surface area (Å²) in [4.78, 5) is 16.6. The standard InChI is InChI=1S/C48H34F12N8.Mn/c49-45(50,51)25-65-17-1-5-29(21-65)41-33-9-11-35(61-33)42(30-6-2-18-66(22-30)26-46(52,53)54)37-13-15-39(63-37)44(32-8-4-20-68(24-32)28-48(58,59)60)40-16-14-38(64-40)43(36-12-10-34(41)62-36)31-7-3-19-67(23-31)27-47(55,56)57;/h1-24,61,64H,25-28H2;/q+4;+2. The molecule has 2 N–H and O–H groups in total. The summed E-state index contributed by atoms with van der Waals surface area (Å²) in [5, 5.41) is 0. The maximum absolute atomic E-state index is 13.7. The van der Waals surface area contributed by atoms with E-state index in [1.807, 2.05) is 0 Å². The summed E-state index contributed by atoms with van der Waals surface area (Å²) in [6, 6.07) is 18.4. The molecule has 0 fully saturated rings. The molecule has 8 bridgehead atoms. The van der Waals surface area contributed by atoms with Gasteiger partial charge in [-0.3, -0.25) is 0 Å². The van der Waals surface area contributed by atoms with Crippen LogP contribution >= 0.6 is 0 Å². The van der Waals surface area contributed by atoms with Crippen LogP contribution < -0.4 is 18.3 Å². The van der Waals surface area contributed by atoms with E-state index in [0.29, 0.717) is 44.3 Å². The first kappa shape index (κ1) is 48.3. The van der Waals surface area contributed by atoms with Gasteiger partial charge in [0.1, 0.15) is 0 Å². The second kappa shape index (κ2) is 18.4. The summed E-state index contributed by atoms with van der Waals surface area (Å²) in [6.07, 6.45) is -1.92. The number of H-pyrrole nitrogens is 2. The molecule has 0 aromatic carbocycles. The zero-order valence-electron chi connectivity index (χ0n) is 35.3. The molecule has 2 aliphatic heterocycles. The van der Waals surface area contributed by atoms with E-state index in [4.69, 9.17) is 9.97 Å². The number of hydrogen-bond donors (Lipinski definition) is 2. The van der Waals surface area contributed by atoms with Gasteiger partial charge in [-0.05, 0) is 72.8 Å². The van der Waals surface area contributed by atoms with Crippen molar-refractivity contribution in [3.05, 3.63) is 145 Å². The Morgan fingerprint density at radius 2 is 0.565 bits per heavy atom. The van der Waals surface area contributed by atoms with Crippen molar-refractivity contribution < 1.29 is 88.0 Å². The number of halogens is 12. The first-order valence-electron chi connectivity index (χ1n) is 20.5. The fraction of sp³-hybridized carbons (Fsp3) is 0.167. The fourth-order valence-electron chi connectivity index (χ4n) is 8.32. The van der Waals surface area contributed by atoms with Gasteiger partial charge in [-0.15, -0.1) is 0 Å². The summed E-state index contributed by atoms with van der Waals surface area (Å²) in [6.45, 7) is -5.33. The number of aromatic amines is 2. The van der Waals surface area contributed by atoms with E-state index in [-0.39, 0.29) is 62.1 Å². The summed E-state index contributed by atoms with van der Waals surface area (Å²) < 4.78 is 169. The Bertz CT molecular complexity index is 2900. The van der Waals surface area contributed by atoms with Crippen LogP contribution in [0, 0.1) is 0 Å². The Kier molecular flexibility index (Phi) is 12.9. The normalized spacial score (nSPS) is 12.9. The van der Waals surface area contributed by atoms with Crippen LogP contribution in [0.3, 0.4) is 0 Å². The molecule has 1 radical (unpaired) electrons. The minimum absolute atomic E-state index is 0. The molecule has 0 atom stereocenters. The SMILES string of the molecule is FC(F)(F)C[n+]1cccc(-c2c3nc(c(-c4ccc[n+](CC(F)(F)F)c4)c4ccc([nH]4)c(-c4ccc[n+](CC(F)(F)F)c4)c4nc(c(-c5ccc[n+](CC(F)(F)F)c5)c5ccc2[nH]5)C=C4)C=C3)c1.[Mn+2]. The van der Waals surface area contributed by atoms with Crippen molar-refractivity contribution >= 4 is 46.4 Å². The molecule has 0 spiro atoms. The second-order valence-electron chi connectivity index (χ2n) is 16.0. The van der Waals surface area contributed by atoms with Gasteiger partial charge >= 0.3 is 41.8 Å². The van der Waals surface area contributed by atoms with Crippen molar-refractivity contribution in [1.29, 1.82) is 0 Å². The number of pyridine rings is 4. The van der Waals surface area contributed by atoms with Crippen LogP contribution in [-0.4, -0.2) is 44.6 Å². The van der Waals surface area contributed by atoms with Crippen LogP contribution in [0.4, 0.5) is 52.7 Å². The van der Waals surface area contributed by atoms with Crippen molar-refractivity contribution in [2.45, 2.75) is 50.9 Å². The third kappa shape index (κ3) is 11.3. The number of rotatable bonds is 8. The quantitative estimate of drug-likeness (QED) is 0.0904. The molecule has 0 unspecified atom stereocenters. The predicted octanol–water partition coefficient (Wildman–Crippen LogP) is 10.7. The Hall–Kier alpha value is -7.12. The largest absolute Gasteiger partial charge is 2.00 e. The molecule has 9 heterocycles. The average Bonchev–Trinajstić information content (AvgIpc) is 4.07. The third-order valence-corrected chi connectivity index (χ3v) is 10.8. The van der Waals surface area contributed by atoms with Crippen LogP contribution in [0.1, 0.15) is 22.8 Å². The number of hydrogen-bond acceptors (Lipinski definition) is 2. The van der Waals surface area contributed by atoms with E-state index in [9.17, 15) is 52.7 Å². The van der Waals surface area contributed by atoms with Gasteiger partial charge in [-0.1, -0.05) is 0 Å². The van der Waals surface area contributed by atoms with Crippen LogP contribution in [0.25, 0.3) is 90.9 Å². The summed E-state index contributed by atoms with van der Waals surface area (Å²) >= 11 is 0. The molecule has 8 nitrogen and oxygen atoms in total. The summed E-state index contributed by atoms with van der Waals surface area (Å²) in [7, 11) is 0. The number of alkyl halides is 12. The second-order valence-corrected chi connectivity index (χ2v) is 16.0. The molecule has 21 heteroatoms. The van der Waals surface area contributed by atoms with Crippen molar-refractivity contribution in [3.63, 3.8) is 0 Å². The van der Waals surface area contributed by atoms with Gasteiger partial charge in [0.05, 0.1) is 22.8 Å². The maximum atomic E-state index is 13.7. The Morgan fingerprint density at radius 3 is 0.768 bits per heavy atom. The Balaban J connectivity index is 0.00000642. The van der Waals surface area contributed by atoms with E-state index in [1.54, 1.807) is 72.8 Å². The molecule has 351 valence electrons. The molecule has 0 amide bonds. The van der Waals surface area contributed by atoms with Crippen molar-refractivity contribution in [1.82, 2.24) is 19.9 Å². The Labute approximate surface area is 393 Å². The zero-order chi connectivity index (χ0) is 48.2. The topological polar surface area (TPSA) is 72.9 Å². The van der Waals surface area contributed by atoms with Crippen LogP contribution in [0.15, 0.2) is 122 Å². The molecule has 0 aliphatic carbocycles. The van der Waals surface area contributed by atoms with Crippen LogP contribution in [0.2, 0.25) is 0 Å². The van der Waals surface area contributed by atoms with Gasteiger partial charge in [-0.2, -0.15) is 71.0 Å².